The number of nitrogens with two attached hydrogens (primary N) is 1. The Hall–Kier alpha value is -1.43. The smallest absolute Gasteiger partial charge is 0.175 e. The van der Waals surface area contributed by atoms with Crippen LogP contribution in [0.3, 0.4) is 0 Å². The van der Waals surface area contributed by atoms with Crippen LogP contribution in [0.5, 0.6) is 0 Å². The quantitative estimate of drug-likeness (QED) is 0.831. The molecule has 0 aromatic heterocycles. The summed E-state index contributed by atoms with van der Waals surface area (Å²) in [6.45, 7) is 0.492. The standard InChI is InChI=1S/C14H14Cl2N2O2S/c1-21(19,20)10-4-2-9(3-5-10)8-18-14-7-12(16)11(15)6-13(14)17/h2-7,18H,8,17H2,1H3. The Labute approximate surface area is 133 Å². The summed E-state index contributed by atoms with van der Waals surface area (Å²) in [4.78, 5) is 0.292. The molecule has 2 aromatic rings. The topological polar surface area (TPSA) is 72.2 Å². The van der Waals surface area contributed by atoms with E-state index in [1.54, 1.807) is 36.4 Å². The second kappa shape index (κ2) is 6.13. The summed E-state index contributed by atoms with van der Waals surface area (Å²) >= 11 is 11.8. The minimum absolute atomic E-state index is 0.292. The molecular formula is C14H14Cl2N2O2S. The average molecular weight is 345 g/mol. The van der Waals surface area contributed by atoms with E-state index in [-0.39, 0.29) is 0 Å². The van der Waals surface area contributed by atoms with Crippen molar-refractivity contribution in [2.24, 2.45) is 0 Å². The van der Waals surface area contributed by atoms with E-state index in [4.69, 9.17) is 28.9 Å². The van der Waals surface area contributed by atoms with E-state index in [1.165, 1.54) is 6.26 Å². The van der Waals surface area contributed by atoms with Gasteiger partial charge in [-0.2, -0.15) is 0 Å². The number of nitrogens with one attached hydrogen (secondary N) is 1. The Morgan fingerprint density at radius 2 is 1.67 bits per heavy atom. The highest BCUT2D eigenvalue weighted by molar-refractivity contribution is 7.90. The van der Waals surface area contributed by atoms with Gasteiger partial charge in [-0.15, -0.1) is 0 Å². The van der Waals surface area contributed by atoms with Gasteiger partial charge in [0, 0.05) is 12.8 Å². The SMILES string of the molecule is CS(=O)(=O)c1ccc(CNc2cc(Cl)c(Cl)cc2N)cc1. The molecule has 4 nitrogen and oxygen atoms in total. The number of hydrogen-bond acceptors (Lipinski definition) is 4. The Morgan fingerprint density at radius 1 is 1.10 bits per heavy atom. The van der Waals surface area contributed by atoms with Gasteiger partial charge in [-0.05, 0) is 29.8 Å². The monoisotopic (exact) mass is 344 g/mol. The average Bonchev–Trinajstić information content (AvgIpc) is 2.41. The van der Waals surface area contributed by atoms with Crippen molar-refractivity contribution in [1.82, 2.24) is 0 Å². The zero-order valence-corrected chi connectivity index (χ0v) is 13.6. The van der Waals surface area contributed by atoms with Crippen molar-refractivity contribution in [3.8, 4) is 0 Å². The molecule has 7 heteroatoms. The third-order valence-corrected chi connectivity index (χ3v) is 4.78. The van der Waals surface area contributed by atoms with Crippen molar-refractivity contribution in [3.05, 3.63) is 52.0 Å². The van der Waals surface area contributed by atoms with Crippen LogP contribution < -0.4 is 11.1 Å². The molecule has 3 N–H and O–H groups in total. The lowest BCUT2D eigenvalue weighted by Crippen LogP contribution is -2.03. The summed E-state index contributed by atoms with van der Waals surface area (Å²) in [5, 5.41) is 3.96. The summed E-state index contributed by atoms with van der Waals surface area (Å²) in [6, 6.07) is 9.88. The van der Waals surface area contributed by atoms with E-state index in [0.717, 1.165) is 5.56 Å². The van der Waals surface area contributed by atoms with Gasteiger partial charge >= 0.3 is 0 Å². The molecule has 0 amide bonds. The van der Waals surface area contributed by atoms with Crippen LogP contribution in [0.4, 0.5) is 11.4 Å². The Bertz CT molecular complexity index is 759. The number of nitrogen functional groups attached to an aromatic ring is 1. The van der Waals surface area contributed by atoms with Gasteiger partial charge in [0.1, 0.15) is 0 Å². The molecular weight excluding hydrogens is 331 g/mol. The first-order valence-electron chi connectivity index (χ1n) is 6.05. The fourth-order valence-electron chi connectivity index (χ4n) is 1.77. The summed E-state index contributed by atoms with van der Waals surface area (Å²) in [5.74, 6) is 0. The fraction of sp³-hybridized carbons (Fsp3) is 0.143. The van der Waals surface area contributed by atoms with E-state index in [9.17, 15) is 8.42 Å². The number of sulfone groups is 1. The maximum Gasteiger partial charge on any atom is 0.175 e. The minimum atomic E-state index is -3.18. The zero-order valence-electron chi connectivity index (χ0n) is 11.2. The molecule has 2 aromatic carbocycles. The van der Waals surface area contributed by atoms with Crippen molar-refractivity contribution in [1.29, 1.82) is 0 Å². The van der Waals surface area contributed by atoms with E-state index in [2.05, 4.69) is 5.32 Å². The molecule has 0 aliphatic carbocycles. The number of halogens is 2. The summed E-state index contributed by atoms with van der Waals surface area (Å²) in [6.07, 6.45) is 1.18. The number of hydrogen-bond donors (Lipinski definition) is 2. The van der Waals surface area contributed by atoms with Crippen LogP contribution in [0, 0.1) is 0 Å². The van der Waals surface area contributed by atoms with Crippen molar-refractivity contribution >= 4 is 44.4 Å². The third-order valence-electron chi connectivity index (χ3n) is 2.93. The van der Waals surface area contributed by atoms with E-state index in [0.29, 0.717) is 32.9 Å². The molecule has 0 aliphatic heterocycles. The second-order valence-electron chi connectivity index (χ2n) is 4.62. The Kier molecular flexibility index (Phi) is 4.66. The highest BCUT2D eigenvalue weighted by atomic mass is 35.5. The molecule has 0 bridgehead atoms. The van der Waals surface area contributed by atoms with Crippen LogP contribution in [0.2, 0.25) is 10.0 Å². The predicted octanol–water partition coefficient (Wildman–Crippen LogP) is 3.59. The maximum atomic E-state index is 11.4. The Balaban J connectivity index is 2.12. The molecule has 0 spiro atoms. The van der Waals surface area contributed by atoms with Gasteiger partial charge in [-0.1, -0.05) is 35.3 Å². The van der Waals surface area contributed by atoms with Crippen LogP contribution in [-0.4, -0.2) is 14.7 Å². The van der Waals surface area contributed by atoms with Gasteiger partial charge in [0.2, 0.25) is 0 Å². The molecule has 0 aliphatic rings. The normalized spacial score (nSPS) is 11.4. The van der Waals surface area contributed by atoms with Crippen molar-refractivity contribution in [2.45, 2.75) is 11.4 Å². The van der Waals surface area contributed by atoms with Gasteiger partial charge in [0.15, 0.2) is 9.84 Å². The Morgan fingerprint density at radius 3 is 2.24 bits per heavy atom. The first-order valence-corrected chi connectivity index (χ1v) is 8.69. The van der Waals surface area contributed by atoms with Crippen LogP contribution in [0.1, 0.15) is 5.56 Å². The molecule has 0 unspecified atom stereocenters. The van der Waals surface area contributed by atoms with Crippen LogP contribution >= 0.6 is 23.2 Å². The summed E-state index contributed by atoms with van der Waals surface area (Å²) < 4.78 is 22.8. The maximum absolute atomic E-state index is 11.4. The van der Waals surface area contributed by atoms with Crippen molar-refractivity contribution in [3.63, 3.8) is 0 Å². The molecule has 0 heterocycles. The number of anilines is 2. The molecule has 0 atom stereocenters. The fourth-order valence-corrected chi connectivity index (χ4v) is 2.73. The molecule has 0 fully saturated rings. The van der Waals surface area contributed by atoms with Gasteiger partial charge in [0.05, 0.1) is 26.3 Å². The summed E-state index contributed by atoms with van der Waals surface area (Å²) in [5.41, 5.74) is 7.95. The second-order valence-corrected chi connectivity index (χ2v) is 7.45. The van der Waals surface area contributed by atoms with Crippen LogP contribution in [-0.2, 0) is 16.4 Å². The largest absolute Gasteiger partial charge is 0.397 e. The summed E-state index contributed by atoms with van der Waals surface area (Å²) in [7, 11) is -3.18. The van der Waals surface area contributed by atoms with Crippen molar-refractivity contribution < 1.29 is 8.42 Å². The van der Waals surface area contributed by atoms with Gasteiger partial charge in [0.25, 0.3) is 0 Å². The van der Waals surface area contributed by atoms with E-state index >= 15 is 0 Å². The van der Waals surface area contributed by atoms with Gasteiger partial charge < -0.3 is 11.1 Å². The van der Waals surface area contributed by atoms with Crippen LogP contribution in [0.15, 0.2) is 41.3 Å². The minimum Gasteiger partial charge on any atom is -0.397 e. The highest BCUT2D eigenvalue weighted by Gasteiger charge is 2.07. The van der Waals surface area contributed by atoms with Gasteiger partial charge in [-0.3, -0.25) is 0 Å². The molecule has 112 valence electrons. The molecule has 0 saturated heterocycles. The zero-order chi connectivity index (χ0) is 15.6. The first-order chi connectivity index (χ1) is 9.77. The lowest BCUT2D eigenvalue weighted by atomic mass is 10.2. The van der Waals surface area contributed by atoms with Gasteiger partial charge in [-0.25, -0.2) is 8.42 Å². The van der Waals surface area contributed by atoms with Crippen molar-refractivity contribution in [2.75, 3.05) is 17.3 Å². The molecule has 2 rings (SSSR count). The lowest BCUT2D eigenvalue weighted by Gasteiger charge is -2.11. The number of rotatable bonds is 4. The first kappa shape index (κ1) is 15.9. The molecule has 0 saturated carbocycles. The van der Waals surface area contributed by atoms with E-state index in [1.807, 2.05) is 0 Å². The highest BCUT2D eigenvalue weighted by Crippen LogP contribution is 2.30. The molecule has 0 radical (unpaired) electrons. The van der Waals surface area contributed by atoms with E-state index < -0.39 is 9.84 Å². The van der Waals surface area contributed by atoms with Crippen LogP contribution in [0.25, 0.3) is 0 Å². The number of benzene rings is 2. The molecule has 21 heavy (non-hydrogen) atoms. The third kappa shape index (κ3) is 4.03. The lowest BCUT2D eigenvalue weighted by molar-refractivity contribution is 0.602. The predicted molar refractivity (Wildman–Crippen MR) is 87.8 cm³/mol.